The first kappa shape index (κ1) is 16.2. The molecule has 1 aromatic rings. The molecular weight excluding hydrogens is 234 g/mol. The van der Waals surface area contributed by atoms with Crippen molar-refractivity contribution >= 4 is 0 Å². The Morgan fingerprint density at radius 3 is 2.37 bits per heavy atom. The predicted molar refractivity (Wildman–Crippen MR) is 83.2 cm³/mol. The van der Waals surface area contributed by atoms with E-state index in [-0.39, 0.29) is 11.5 Å². The van der Waals surface area contributed by atoms with E-state index in [0.717, 1.165) is 13.1 Å². The fourth-order valence-electron chi connectivity index (χ4n) is 2.17. The maximum atomic E-state index is 5.88. The van der Waals surface area contributed by atoms with Gasteiger partial charge in [0.2, 0.25) is 0 Å². The van der Waals surface area contributed by atoms with Crippen LogP contribution in [0.5, 0.6) is 0 Å². The van der Waals surface area contributed by atoms with Crippen LogP contribution in [0.2, 0.25) is 0 Å². The van der Waals surface area contributed by atoms with Gasteiger partial charge in [0.1, 0.15) is 0 Å². The molecule has 0 saturated heterocycles. The number of nitrogens with two attached hydrogens (primary N) is 2. The van der Waals surface area contributed by atoms with Crippen LogP contribution < -0.4 is 11.5 Å². The Hall–Kier alpha value is -0.900. The Morgan fingerprint density at radius 2 is 1.89 bits per heavy atom. The molecule has 4 N–H and O–H groups in total. The van der Waals surface area contributed by atoms with E-state index in [9.17, 15) is 0 Å². The van der Waals surface area contributed by atoms with Crippen molar-refractivity contribution in [2.24, 2.45) is 11.5 Å². The van der Waals surface area contributed by atoms with E-state index in [1.165, 1.54) is 16.7 Å². The second kappa shape index (κ2) is 6.51. The van der Waals surface area contributed by atoms with Gasteiger partial charge in [0, 0.05) is 25.7 Å². The highest BCUT2D eigenvalue weighted by Crippen LogP contribution is 2.24. The molecule has 0 fully saturated rings. The molecule has 19 heavy (non-hydrogen) atoms. The zero-order chi connectivity index (χ0) is 14.6. The average molecular weight is 263 g/mol. The molecule has 1 unspecified atom stereocenters. The van der Waals surface area contributed by atoms with Crippen LogP contribution in [-0.2, 0) is 12.0 Å². The minimum absolute atomic E-state index is 0.0548. The van der Waals surface area contributed by atoms with Gasteiger partial charge in [0.25, 0.3) is 0 Å². The fourth-order valence-corrected chi connectivity index (χ4v) is 2.17. The molecule has 0 bridgehead atoms. The molecule has 3 heteroatoms. The van der Waals surface area contributed by atoms with E-state index in [2.05, 4.69) is 57.8 Å². The van der Waals surface area contributed by atoms with Crippen LogP contribution in [0.25, 0.3) is 0 Å². The van der Waals surface area contributed by atoms with Crippen LogP contribution in [0.1, 0.15) is 37.5 Å². The quantitative estimate of drug-likeness (QED) is 0.854. The van der Waals surface area contributed by atoms with E-state index in [1.54, 1.807) is 0 Å². The molecule has 0 aliphatic heterocycles. The van der Waals surface area contributed by atoms with Gasteiger partial charge in [-0.05, 0) is 36.1 Å². The van der Waals surface area contributed by atoms with Gasteiger partial charge in [0.05, 0.1) is 0 Å². The highest BCUT2D eigenvalue weighted by Gasteiger charge is 2.15. The van der Waals surface area contributed by atoms with E-state index >= 15 is 0 Å². The minimum atomic E-state index is 0.0548. The first-order chi connectivity index (χ1) is 8.74. The van der Waals surface area contributed by atoms with Crippen molar-refractivity contribution in [3.63, 3.8) is 0 Å². The van der Waals surface area contributed by atoms with Crippen LogP contribution in [0.3, 0.4) is 0 Å². The number of aryl methyl sites for hydroxylation is 1. The molecule has 0 saturated carbocycles. The van der Waals surface area contributed by atoms with Crippen molar-refractivity contribution in [2.75, 3.05) is 20.1 Å². The highest BCUT2D eigenvalue weighted by atomic mass is 15.1. The molecule has 0 heterocycles. The molecule has 0 radical (unpaired) electrons. The molecule has 0 amide bonds. The Bertz CT molecular complexity index is 407. The summed E-state index contributed by atoms with van der Waals surface area (Å²) in [5.41, 5.74) is 15.7. The molecule has 3 nitrogen and oxygen atoms in total. The normalized spacial score (nSPS) is 13.9. The molecule has 1 aromatic carbocycles. The van der Waals surface area contributed by atoms with Gasteiger partial charge in [-0.2, -0.15) is 0 Å². The summed E-state index contributed by atoms with van der Waals surface area (Å²) in [5.74, 6) is 0. The second-order valence-corrected chi connectivity index (χ2v) is 6.58. The van der Waals surface area contributed by atoms with E-state index in [4.69, 9.17) is 11.5 Å². The summed E-state index contributed by atoms with van der Waals surface area (Å²) >= 11 is 0. The summed E-state index contributed by atoms with van der Waals surface area (Å²) in [6.07, 6.45) is 0. The number of benzene rings is 1. The van der Waals surface area contributed by atoms with E-state index in [1.807, 2.05) is 0 Å². The van der Waals surface area contributed by atoms with Gasteiger partial charge < -0.3 is 16.4 Å². The molecule has 0 aliphatic rings. The third kappa shape index (κ3) is 4.94. The molecule has 0 aromatic heterocycles. The van der Waals surface area contributed by atoms with Crippen LogP contribution >= 0.6 is 0 Å². The van der Waals surface area contributed by atoms with Crippen molar-refractivity contribution < 1.29 is 0 Å². The van der Waals surface area contributed by atoms with Crippen LogP contribution in [0.4, 0.5) is 0 Å². The Morgan fingerprint density at radius 1 is 1.26 bits per heavy atom. The molecule has 0 spiro atoms. The fraction of sp³-hybridized carbons (Fsp3) is 0.625. The maximum Gasteiger partial charge on any atom is 0.0292 e. The Labute approximate surface area is 118 Å². The van der Waals surface area contributed by atoms with Crippen molar-refractivity contribution in [1.29, 1.82) is 0 Å². The lowest BCUT2D eigenvalue weighted by molar-refractivity contribution is 0.304. The number of likely N-dealkylation sites (N-methyl/N-ethyl adjacent to an activating group) is 1. The zero-order valence-electron chi connectivity index (χ0n) is 13.0. The Kier molecular flexibility index (Phi) is 5.53. The summed E-state index contributed by atoms with van der Waals surface area (Å²) in [6, 6.07) is 6.82. The van der Waals surface area contributed by atoms with Crippen molar-refractivity contribution in [2.45, 2.75) is 45.7 Å². The van der Waals surface area contributed by atoms with Gasteiger partial charge in [0.15, 0.2) is 0 Å². The Balaban J connectivity index is 2.75. The standard InChI is InChI=1S/C16H29N3/c1-12-8-14(16(2,3)4)7-6-13(12)10-19(5)11-15(18)9-17/h6-8,15H,9-11,17-18H2,1-5H3. The van der Waals surface area contributed by atoms with Crippen LogP contribution in [0.15, 0.2) is 18.2 Å². The third-order valence-electron chi connectivity index (χ3n) is 3.50. The lowest BCUT2D eigenvalue weighted by Crippen LogP contribution is -2.40. The maximum absolute atomic E-state index is 5.88. The molecule has 1 rings (SSSR count). The number of rotatable bonds is 5. The lowest BCUT2D eigenvalue weighted by Gasteiger charge is -2.23. The SMILES string of the molecule is Cc1cc(C(C)(C)C)ccc1CN(C)CC(N)CN. The van der Waals surface area contributed by atoms with E-state index in [0.29, 0.717) is 6.54 Å². The second-order valence-electron chi connectivity index (χ2n) is 6.58. The first-order valence-corrected chi connectivity index (χ1v) is 6.98. The molecule has 0 aliphatic carbocycles. The molecular formula is C16H29N3. The predicted octanol–water partition coefficient (Wildman–Crippen LogP) is 2.01. The van der Waals surface area contributed by atoms with Gasteiger partial charge in [-0.15, -0.1) is 0 Å². The summed E-state index contributed by atoms with van der Waals surface area (Å²) in [4.78, 5) is 2.23. The van der Waals surface area contributed by atoms with Crippen molar-refractivity contribution in [3.8, 4) is 0 Å². The topological polar surface area (TPSA) is 55.3 Å². The summed E-state index contributed by atoms with van der Waals surface area (Å²) < 4.78 is 0. The van der Waals surface area contributed by atoms with Crippen LogP contribution in [-0.4, -0.2) is 31.1 Å². The molecule has 108 valence electrons. The third-order valence-corrected chi connectivity index (χ3v) is 3.50. The monoisotopic (exact) mass is 263 g/mol. The van der Waals surface area contributed by atoms with Crippen LogP contribution in [0, 0.1) is 6.92 Å². The number of hydrogen-bond acceptors (Lipinski definition) is 3. The highest BCUT2D eigenvalue weighted by molar-refractivity contribution is 5.34. The summed E-state index contributed by atoms with van der Waals surface area (Å²) in [5, 5.41) is 0. The van der Waals surface area contributed by atoms with Gasteiger partial charge in [-0.25, -0.2) is 0 Å². The largest absolute Gasteiger partial charge is 0.329 e. The summed E-state index contributed by atoms with van der Waals surface area (Å²) in [6.45, 7) is 11.2. The van der Waals surface area contributed by atoms with E-state index < -0.39 is 0 Å². The smallest absolute Gasteiger partial charge is 0.0292 e. The van der Waals surface area contributed by atoms with Gasteiger partial charge >= 0.3 is 0 Å². The zero-order valence-corrected chi connectivity index (χ0v) is 13.0. The minimum Gasteiger partial charge on any atom is -0.329 e. The average Bonchev–Trinajstić information content (AvgIpc) is 2.30. The van der Waals surface area contributed by atoms with Crippen molar-refractivity contribution in [3.05, 3.63) is 34.9 Å². The number of nitrogens with zero attached hydrogens (tertiary/aromatic N) is 1. The first-order valence-electron chi connectivity index (χ1n) is 6.98. The van der Waals surface area contributed by atoms with Gasteiger partial charge in [-0.1, -0.05) is 39.0 Å². The number of hydrogen-bond donors (Lipinski definition) is 2. The molecule has 1 atom stereocenters. The van der Waals surface area contributed by atoms with Gasteiger partial charge in [-0.3, -0.25) is 0 Å². The lowest BCUT2D eigenvalue weighted by atomic mass is 9.85. The summed E-state index contributed by atoms with van der Waals surface area (Å²) in [7, 11) is 2.09. The van der Waals surface area contributed by atoms with Crippen molar-refractivity contribution in [1.82, 2.24) is 4.90 Å².